The zero-order chi connectivity index (χ0) is 18.4. The first kappa shape index (κ1) is 19.1. The molecule has 0 aliphatic carbocycles. The van der Waals surface area contributed by atoms with Crippen LogP contribution in [0.25, 0.3) is 0 Å². The smallest absolute Gasteiger partial charge is 0.238 e. The molecular weight excluding hydrogens is 334 g/mol. The molecule has 0 saturated heterocycles. The summed E-state index contributed by atoms with van der Waals surface area (Å²) in [5, 5.41) is 7.88. The molecule has 134 valence electrons. The van der Waals surface area contributed by atoms with Crippen LogP contribution in [0.3, 0.4) is 0 Å². The number of carbonyl (C=O) groups is 2. The van der Waals surface area contributed by atoms with Gasteiger partial charge in [0.05, 0.1) is 19.1 Å². The third kappa shape index (κ3) is 5.69. The summed E-state index contributed by atoms with van der Waals surface area (Å²) in [6.07, 6.45) is 0. The van der Waals surface area contributed by atoms with Crippen molar-refractivity contribution in [2.24, 2.45) is 0 Å². The van der Waals surface area contributed by atoms with Gasteiger partial charge in [0.15, 0.2) is 0 Å². The number of rotatable bonds is 7. The molecule has 0 bridgehead atoms. The van der Waals surface area contributed by atoms with E-state index in [0.29, 0.717) is 0 Å². The number of carbonyl (C=O) groups excluding carboxylic acids is 2. The number of nitrogens with zero attached hydrogens (tertiary/aromatic N) is 1. The second-order valence-electron chi connectivity index (χ2n) is 6.29. The summed E-state index contributed by atoms with van der Waals surface area (Å²) in [5.41, 5.74) is 2.90. The Bertz CT molecular complexity index is 708. The monoisotopic (exact) mass is 359 g/mol. The number of anilines is 1. The zero-order valence-electron chi connectivity index (χ0n) is 15.1. The Morgan fingerprint density at radius 1 is 1.08 bits per heavy atom. The lowest BCUT2D eigenvalue weighted by Gasteiger charge is -2.19. The van der Waals surface area contributed by atoms with Gasteiger partial charge in [-0.3, -0.25) is 14.5 Å². The average Bonchev–Trinajstić information content (AvgIpc) is 3.05. The van der Waals surface area contributed by atoms with Gasteiger partial charge in [-0.05, 0) is 50.4 Å². The Balaban J connectivity index is 1.82. The van der Waals surface area contributed by atoms with E-state index in [-0.39, 0.29) is 30.9 Å². The average molecular weight is 359 g/mol. The van der Waals surface area contributed by atoms with Crippen LogP contribution < -0.4 is 10.6 Å². The van der Waals surface area contributed by atoms with Gasteiger partial charge >= 0.3 is 0 Å². The van der Waals surface area contributed by atoms with Gasteiger partial charge in [0.2, 0.25) is 11.8 Å². The van der Waals surface area contributed by atoms with Crippen molar-refractivity contribution >= 4 is 28.8 Å². The number of thiophene rings is 1. The SMILES string of the molecule is Cc1cccc(C)c1NC(=O)CN(C)CC(=O)N[C@@H](C)c1cccs1. The van der Waals surface area contributed by atoms with Crippen molar-refractivity contribution in [2.45, 2.75) is 26.8 Å². The number of para-hydroxylation sites is 1. The molecule has 0 aliphatic heterocycles. The molecule has 2 amide bonds. The highest BCUT2D eigenvalue weighted by molar-refractivity contribution is 7.10. The molecule has 1 atom stereocenters. The summed E-state index contributed by atoms with van der Waals surface area (Å²) in [5.74, 6) is -0.220. The van der Waals surface area contributed by atoms with Crippen molar-refractivity contribution in [1.29, 1.82) is 0 Å². The van der Waals surface area contributed by atoms with E-state index in [9.17, 15) is 9.59 Å². The molecule has 1 aromatic carbocycles. The second kappa shape index (κ2) is 8.78. The maximum atomic E-state index is 12.2. The van der Waals surface area contributed by atoms with E-state index in [4.69, 9.17) is 0 Å². The third-order valence-electron chi connectivity index (χ3n) is 3.92. The van der Waals surface area contributed by atoms with E-state index in [2.05, 4.69) is 10.6 Å². The molecule has 5 nitrogen and oxygen atoms in total. The van der Waals surface area contributed by atoms with Gasteiger partial charge in [-0.1, -0.05) is 24.3 Å². The lowest BCUT2D eigenvalue weighted by molar-refractivity contribution is -0.123. The number of likely N-dealkylation sites (N-methyl/N-ethyl adjacent to an activating group) is 1. The normalized spacial score (nSPS) is 12.0. The first-order valence-corrected chi connectivity index (χ1v) is 9.12. The number of nitrogens with one attached hydrogen (secondary N) is 2. The van der Waals surface area contributed by atoms with Crippen LogP contribution in [0.4, 0.5) is 5.69 Å². The Labute approximate surface area is 153 Å². The highest BCUT2D eigenvalue weighted by Gasteiger charge is 2.15. The van der Waals surface area contributed by atoms with Crippen LogP contribution in [0.1, 0.15) is 29.0 Å². The predicted molar refractivity (Wildman–Crippen MR) is 103 cm³/mol. The van der Waals surface area contributed by atoms with Crippen LogP contribution in [0, 0.1) is 13.8 Å². The van der Waals surface area contributed by atoms with Gasteiger partial charge in [-0.25, -0.2) is 0 Å². The highest BCUT2D eigenvalue weighted by atomic mass is 32.1. The van der Waals surface area contributed by atoms with E-state index in [1.54, 1.807) is 23.3 Å². The first-order chi connectivity index (χ1) is 11.9. The summed E-state index contributed by atoms with van der Waals surface area (Å²) in [4.78, 5) is 27.2. The first-order valence-electron chi connectivity index (χ1n) is 8.24. The molecule has 2 N–H and O–H groups in total. The molecular formula is C19H25N3O2S. The minimum atomic E-state index is -0.126. The van der Waals surface area contributed by atoms with E-state index in [0.717, 1.165) is 21.7 Å². The Morgan fingerprint density at radius 2 is 1.72 bits per heavy atom. The van der Waals surface area contributed by atoms with Crippen LogP contribution in [-0.2, 0) is 9.59 Å². The van der Waals surface area contributed by atoms with E-state index in [1.807, 2.05) is 56.5 Å². The molecule has 0 radical (unpaired) electrons. The topological polar surface area (TPSA) is 61.4 Å². The summed E-state index contributed by atoms with van der Waals surface area (Å²) in [6, 6.07) is 9.83. The fourth-order valence-corrected chi connectivity index (χ4v) is 3.37. The lowest BCUT2D eigenvalue weighted by Crippen LogP contribution is -2.39. The van der Waals surface area contributed by atoms with Gasteiger partial charge in [0.25, 0.3) is 0 Å². The summed E-state index contributed by atoms with van der Waals surface area (Å²) >= 11 is 1.61. The Hall–Kier alpha value is -2.18. The maximum absolute atomic E-state index is 12.2. The van der Waals surface area contributed by atoms with Crippen molar-refractivity contribution < 1.29 is 9.59 Å². The van der Waals surface area contributed by atoms with Crippen LogP contribution in [0.15, 0.2) is 35.7 Å². The molecule has 1 aromatic heterocycles. The number of benzene rings is 1. The number of amides is 2. The molecule has 0 unspecified atom stereocenters. The Kier molecular flexibility index (Phi) is 6.73. The minimum Gasteiger partial charge on any atom is -0.348 e. The van der Waals surface area contributed by atoms with Crippen LogP contribution >= 0.6 is 11.3 Å². The molecule has 1 heterocycles. The lowest BCUT2D eigenvalue weighted by atomic mass is 10.1. The zero-order valence-corrected chi connectivity index (χ0v) is 15.9. The molecule has 0 spiro atoms. The third-order valence-corrected chi connectivity index (χ3v) is 4.98. The molecule has 2 aromatic rings. The van der Waals surface area contributed by atoms with E-state index < -0.39 is 0 Å². The van der Waals surface area contributed by atoms with Crippen LogP contribution in [0.5, 0.6) is 0 Å². The van der Waals surface area contributed by atoms with Crippen molar-refractivity contribution in [1.82, 2.24) is 10.2 Å². The minimum absolute atomic E-state index is 0.0238. The van der Waals surface area contributed by atoms with Gasteiger partial charge in [0.1, 0.15) is 0 Å². The number of hydrogen-bond donors (Lipinski definition) is 2. The number of hydrogen-bond acceptors (Lipinski definition) is 4. The quantitative estimate of drug-likeness (QED) is 0.798. The van der Waals surface area contributed by atoms with Crippen molar-refractivity contribution in [2.75, 3.05) is 25.5 Å². The van der Waals surface area contributed by atoms with Crippen molar-refractivity contribution in [3.63, 3.8) is 0 Å². The van der Waals surface area contributed by atoms with Crippen LogP contribution in [-0.4, -0.2) is 36.9 Å². The Morgan fingerprint density at radius 3 is 2.32 bits per heavy atom. The second-order valence-corrected chi connectivity index (χ2v) is 7.27. The highest BCUT2D eigenvalue weighted by Crippen LogP contribution is 2.19. The van der Waals surface area contributed by atoms with Gasteiger partial charge < -0.3 is 10.6 Å². The van der Waals surface area contributed by atoms with E-state index >= 15 is 0 Å². The fraction of sp³-hybridized carbons (Fsp3) is 0.368. The van der Waals surface area contributed by atoms with Gasteiger partial charge in [0, 0.05) is 10.6 Å². The van der Waals surface area contributed by atoms with Gasteiger partial charge in [-0.15, -0.1) is 11.3 Å². The van der Waals surface area contributed by atoms with Crippen molar-refractivity contribution in [3.8, 4) is 0 Å². The largest absolute Gasteiger partial charge is 0.348 e. The maximum Gasteiger partial charge on any atom is 0.238 e. The molecule has 25 heavy (non-hydrogen) atoms. The van der Waals surface area contributed by atoms with Gasteiger partial charge in [-0.2, -0.15) is 0 Å². The standard InChI is InChI=1S/C19H25N3O2S/c1-13-7-5-8-14(2)19(13)21-18(24)12-22(4)11-17(23)20-15(3)16-9-6-10-25-16/h5-10,15H,11-12H2,1-4H3,(H,20,23)(H,21,24)/t15-/m0/s1. The summed E-state index contributed by atoms with van der Waals surface area (Å²) < 4.78 is 0. The van der Waals surface area contributed by atoms with Crippen molar-refractivity contribution in [3.05, 3.63) is 51.7 Å². The predicted octanol–water partition coefficient (Wildman–Crippen LogP) is 3.11. The molecule has 6 heteroatoms. The van der Waals surface area contributed by atoms with Crippen LogP contribution in [0.2, 0.25) is 0 Å². The molecule has 0 fully saturated rings. The molecule has 0 aliphatic rings. The van der Waals surface area contributed by atoms with E-state index in [1.165, 1.54) is 0 Å². The summed E-state index contributed by atoms with van der Waals surface area (Å²) in [7, 11) is 1.76. The number of aryl methyl sites for hydroxylation is 2. The molecule has 0 saturated carbocycles. The fourth-order valence-electron chi connectivity index (χ4n) is 2.63. The molecule has 2 rings (SSSR count). The summed E-state index contributed by atoms with van der Waals surface area (Å²) in [6.45, 7) is 6.22.